The second-order valence-corrected chi connectivity index (χ2v) is 4.68. The summed E-state index contributed by atoms with van der Waals surface area (Å²) in [5.74, 6) is -0.899. The summed E-state index contributed by atoms with van der Waals surface area (Å²) < 4.78 is 2.05. The Hall–Kier alpha value is -1.36. The molecule has 0 radical (unpaired) electrons. The average molecular weight is 223 g/mol. The molecule has 1 fully saturated rings. The van der Waals surface area contributed by atoms with Crippen LogP contribution < -0.4 is 5.73 Å². The Morgan fingerprint density at radius 1 is 1.69 bits per heavy atom. The number of carboxylic acid groups (broad SMARTS) is 1. The molecule has 1 aromatic heterocycles. The standard InChI is InChI=1S/C11H17N3O2/c1-7-8(2)14(6-13-7)9-3-4-11(12,5-9)10(15)16/h6,9H,3-5,12H2,1-2H3,(H,15,16). The van der Waals surface area contributed by atoms with Crippen LogP contribution in [-0.2, 0) is 4.79 Å². The van der Waals surface area contributed by atoms with Crippen molar-refractivity contribution in [3.63, 3.8) is 0 Å². The van der Waals surface area contributed by atoms with Crippen LogP contribution in [-0.4, -0.2) is 26.2 Å². The van der Waals surface area contributed by atoms with Crippen molar-refractivity contribution >= 4 is 5.97 Å². The van der Waals surface area contributed by atoms with E-state index in [4.69, 9.17) is 10.8 Å². The van der Waals surface area contributed by atoms with Gasteiger partial charge in [-0.05, 0) is 33.1 Å². The number of aromatic nitrogens is 2. The van der Waals surface area contributed by atoms with Gasteiger partial charge in [0.1, 0.15) is 5.54 Å². The fourth-order valence-corrected chi connectivity index (χ4v) is 2.36. The van der Waals surface area contributed by atoms with E-state index in [-0.39, 0.29) is 6.04 Å². The second kappa shape index (κ2) is 3.59. The molecule has 0 aliphatic heterocycles. The monoisotopic (exact) mass is 223 g/mol. The van der Waals surface area contributed by atoms with Crippen molar-refractivity contribution in [1.82, 2.24) is 9.55 Å². The highest BCUT2D eigenvalue weighted by Gasteiger charge is 2.43. The van der Waals surface area contributed by atoms with E-state index in [2.05, 4.69) is 4.98 Å². The quantitative estimate of drug-likeness (QED) is 0.784. The molecule has 0 aromatic carbocycles. The van der Waals surface area contributed by atoms with Crippen molar-refractivity contribution in [2.75, 3.05) is 0 Å². The molecule has 0 saturated heterocycles. The van der Waals surface area contributed by atoms with Crippen LogP contribution in [0.5, 0.6) is 0 Å². The first-order valence-corrected chi connectivity index (χ1v) is 5.46. The topological polar surface area (TPSA) is 81.1 Å². The highest BCUT2D eigenvalue weighted by Crippen LogP contribution is 2.37. The van der Waals surface area contributed by atoms with Gasteiger partial charge in [0.2, 0.25) is 0 Å². The second-order valence-electron chi connectivity index (χ2n) is 4.68. The van der Waals surface area contributed by atoms with Crippen LogP contribution in [0.15, 0.2) is 6.33 Å². The van der Waals surface area contributed by atoms with Crippen molar-refractivity contribution in [3.8, 4) is 0 Å². The molecule has 3 N–H and O–H groups in total. The average Bonchev–Trinajstić information content (AvgIpc) is 2.74. The number of carboxylic acids is 1. The van der Waals surface area contributed by atoms with Gasteiger partial charge in [-0.3, -0.25) is 4.79 Å². The minimum absolute atomic E-state index is 0.169. The summed E-state index contributed by atoms with van der Waals surface area (Å²) in [4.78, 5) is 15.3. The SMILES string of the molecule is Cc1ncn(C2CCC(N)(C(=O)O)C2)c1C. The zero-order valence-corrected chi connectivity index (χ0v) is 9.60. The third-order valence-corrected chi connectivity index (χ3v) is 3.63. The minimum atomic E-state index is -1.06. The molecule has 1 aliphatic rings. The third kappa shape index (κ3) is 1.61. The summed E-state index contributed by atoms with van der Waals surface area (Å²) in [7, 11) is 0. The van der Waals surface area contributed by atoms with Gasteiger partial charge in [0.25, 0.3) is 0 Å². The smallest absolute Gasteiger partial charge is 0.323 e. The van der Waals surface area contributed by atoms with Crippen LogP contribution in [0.4, 0.5) is 0 Å². The predicted octanol–water partition coefficient (Wildman–Crippen LogP) is 1.01. The van der Waals surface area contributed by atoms with Crippen molar-refractivity contribution in [3.05, 3.63) is 17.7 Å². The van der Waals surface area contributed by atoms with Gasteiger partial charge in [0.15, 0.2) is 0 Å². The van der Waals surface area contributed by atoms with Gasteiger partial charge in [-0.2, -0.15) is 0 Å². The Kier molecular flexibility index (Phi) is 2.50. The van der Waals surface area contributed by atoms with Crippen LogP contribution in [0.2, 0.25) is 0 Å². The molecular formula is C11H17N3O2. The maximum absolute atomic E-state index is 11.0. The normalized spacial score (nSPS) is 29.6. The van der Waals surface area contributed by atoms with Gasteiger partial charge >= 0.3 is 5.97 Å². The molecule has 2 rings (SSSR count). The van der Waals surface area contributed by atoms with Gasteiger partial charge in [0, 0.05) is 11.7 Å². The van der Waals surface area contributed by atoms with Crippen LogP contribution in [0.25, 0.3) is 0 Å². The Morgan fingerprint density at radius 2 is 2.38 bits per heavy atom. The minimum Gasteiger partial charge on any atom is -0.480 e. The van der Waals surface area contributed by atoms with Crippen LogP contribution in [0.1, 0.15) is 36.7 Å². The number of aliphatic carboxylic acids is 1. The van der Waals surface area contributed by atoms with Crippen LogP contribution in [0, 0.1) is 13.8 Å². The first-order valence-electron chi connectivity index (χ1n) is 5.46. The number of imidazole rings is 1. The molecule has 1 aliphatic carbocycles. The highest BCUT2D eigenvalue weighted by atomic mass is 16.4. The van der Waals surface area contributed by atoms with E-state index in [1.165, 1.54) is 0 Å². The van der Waals surface area contributed by atoms with E-state index < -0.39 is 11.5 Å². The molecule has 2 unspecified atom stereocenters. The Morgan fingerprint density at radius 3 is 2.81 bits per heavy atom. The molecule has 1 heterocycles. The summed E-state index contributed by atoms with van der Waals surface area (Å²) in [5.41, 5.74) is 6.88. The summed E-state index contributed by atoms with van der Waals surface area (Å²) in [5, 5.41) is 9.06. The van der Waals surface area contributed by atoms with E-state index in [1.54, 1.807) is 6.33 Å². The van der Waals surface area contributed by atoms with Crippen molar-refractivity contribution in [2.24, 2.45) is 5.73 Å². The summed E-state index contributed by atoms with van der Waals surface area (Å²) in [6.07, 6.45) is 3.60. The molecule has 16 heavy (non-hydrogen) atoms. The van der Waals surface area contributed by atoms with Crippen molar-refractivity contribution < 1.29 is 9.90 Å². The van der Waals surface area contributed by atoms with Gasteiger partial charge in [-0.1, -0.05) is 0 Å². The maximum Gasteiger partial charge on any atom is 0.323 e. The first kappa shape index (κ1) is 11.1. The predicted molar refractivity (Wildman–Crippen MR) is 59.1 cm³/mol. The largest absolute Gasteiger partial charge is 0.480 e. The number of hydrogen-bond acceptors (Lipinski definition) is 3. The number of carbonyl (C=O) groups is 1. The van der Waals surface area contributed by atoms with Crippen LogP contribution >= 0.6 is 0 Å². The van der Waals surface area contributed by atoms with Crippen molar-refractivity contribution in [2.45, 2.75) is 44.7 Å². The lowest BCUT2D eigenvalue weighted by atomic mass is 9.99. The molecule has 5 heteroatoms. The van der Waals surface area contributed by atoms with Crippen LogP contribution in [0.3, 0.4) is 0 Å². The van der Waals surface area contributed by atoms with E-state index >= 15 is 0 Å². The lowest BCUT2D eigenvalue weighted by molar-refractivity contribution is -0.143. The molecule has 0 amide bonds. The molecule has 2 atom stereocenters. The Bertz CT molecular complexity index is 427. The molecule has 1 saturated carbocycles. The summed E-state index contributed by atoms with van der Waals surface area (Å²) in [6, 6.07) is 0.169. The molecule has 5 nitrogen and oxygen atoms in total. The zero-order valence-electron chi connectivity index (χ0n) is 9.60. The maximum atomic E-state index is 11.0. The lowest BCUT2D eigenvalue weighted by Gasteiger charge is -2.19. The highest BCUT2D eigenvalue weighted by molar-refractivity contribution is 5.78. The number of hydrogen-bond donors (Lipinski definition) is 2. The number of nitrogens with two attached hydrogens (primary N) is 1. The van der Waals surface area contributed by atoms with Gasteiger partial charge < -0.3 is 15.4 Å². The fraction of sp³-hybridized carbons (Fsp3) is 0.636. The molecule has 88 valence electrons. The van der Waals surface area contributed by atoms with E-state index in [0.29, 0.717) is 12.8 Å². The lowest BCUT2D eigenvalue weighted by Crippen LogP contribution is -2.45. The molecule has 1 aromatic rings. The number of aryl methyl sites for hydroxylation is 1. The zero-order chi connectivity index (χ0) is 11.9. The van der Waals surface area contributed by atoms with E-state index in [9.17, 15) is 4.79 Å². The van der Waals surface area contributed by atoms with E-state index in [1.807, 2.05) is 18.4 Å². The van der Waals surface area contributed by atoms with Gasteiger partial charge in [-0.25, -0.2) is 4.98 Å². The molecule has 0 spiro atoms. The Labute approximate surface area is 94.3 Å². The van der Waals surface area contributed by atoms with Gasteiger partial charge in [-0.15, -0.1) is 0 Å². The Balaban J connectivity index is 2.21. The van der Waals surface area contributed by atoms with Gasteiger partial charge in [0.05, 0.1) is 12.0 Å². The van der Waals surface area contributed by atoms with E-state index in [0.717, 1.165) is 17.8 Å². The third-order valence-electron chi connectivity index (χ3n) is 3.63. The molecular weight excluding hydrogens is 206 g/mol. The molecule has 0 bridgehead atoms. The first-order chi connectivity index (χ1) is 7.44. The van der Waals surface area contributed by atoms with Crippen molar-refractivity contribution in [1.29, 1.82) is 0 Å². The summed E-state index contributed by atoms with van der Waals surface area (Å²) in [6.45, 7) is 3.95. The number of rotatable bonds is 2. The number of nitrogens with zero attached hydrogens (tertiary/aromatic N) is 2. The fourth-order valence-electron chi connectivity index (χ4n) is 2.36. The summed E-state index contributed by atoms with van der Waals surface area (Å²) >= 11 is 0.